The monoisotopic (exact) mass is 443 g/mol. The number of amides is 1. The number of anilines is 2. The highest BCUT2D eigenvalue weighted by Crippen LogP contribution is 2.27. The molecule has 0 radical (unpaired) electrons. The van der Waals surface area contributed by atoms with Gasteiger partial charge in [-0.1, -0.05) is 44.2 Å². The fourth-order valence-corrected chi connectivity index (χ4v) is 4.37. The van der Waals surface area contributed by atoms with Crippen LogP contribution < -0.4 is 15.4 Å². The molecule has 1 heterocycles. The number of nitrogens with one attached hydrogen (secondary N) is 2. The molecule has 1 fully saturated rings. The Morgan fingerprint density at radius 1 is 1.03 bits per heavy atom. The highest BCUT2D eigenvalue weighted by atomic mass is 16.5. The molecule has 0 aliphatic heterocycles. The quantitative estimate of drug-likeness (QED) is 0.401. The van der Waals surface area contributed by atoms with Gasteiger partial charge in [0.2, 0.25) is 0 Å². The molecule has 5 heteroatoms. The van der Waals surface area contributed by atoms with Gasteiger partial charge in [-0.3, -0.25) is 9.78 Å². The molecule has 1 aromatic heterocycles. The van der Waals surface area contributed by atoms with E-state index in [-0.39, 0.29) is 5.91 Å². The fourth-order valence-electron chi connectivity index (χ4n) is 4.37. The van der Waals surface area contributed by atoms with E-state index in [1.807, 2.05) is 67.6 Å². The summed E-state index contributed by atoms with van der Waals surface area (Å²) in [6.07, 6.45) is 9.50. The Labute approximate surface area is 196 Å². The molecule has 33 heavy (non-hydrogen) atoms. The maximum atomic E-state index is 12.6. The molecule has 172 valence electrons. The van der Waals surface area contributed by atoms with Crippen LogP contribution in [0.15, 0.2) is 66.9 Å². The first-order valence-corrected chi connectivity index (χ1v) is 12.0. The first-order valence-electron chi connectivity index (χ1n) is 12.0. The molecule has 0 bridgehead atoms. The number of carbonyl (C=O) groups excluding carboxylic acids is 1. The van der Waals surface area contributed by atoms with Crippen LogP contribution in [-0.2, 0) is 6.61 Å². The minimum absolute atomic E-state index is 0.00977. The number of aromatic nitrogens is 1. The average Bonchev–Trinajstić information content (AvgIpc) is 2.86. The normalized spacial score (nSPS) is 14.0. The zero-order valence-corrected chi connectivity index (χ0v) is 19.3. The Bertz CT molecular complexity index is 1050. The van der Waals surface area contributed by atoms with E-state index in [4.69, 9.17) is 4.74 Å². The van der Waals surface area contributed by atoms with Crippen molar-refractivity contribution in [2.75, 3.05) is 11.9 Å². The SMILES string of the molecule is Cc1cc(OCc2ccccn2)ccc1Nc1cccc(C(=O)NCCC2CCCCC2)c1. The predicted octanol–water partition coefficient (Wildman–Crippen LogP) is 6.41. The van der Waals surface area contributed by atoms with Crippen LogP contribution in [0.4, 0.5) is 11.4 Å². The number of aryl methyl sites for hydroxylation is 1. The zero-order valence-electron chi connectivity index (χ0n) is 19.3. The number of ether oxygens (including phenoxy) is 1. The summed E-state index contributed by atoms with van der Waals surface area (Å²) in [6.45, 7) is 3.23. The molecular formula is C28H33N3O2. The van der Waals surface area contributed by atoms with Crippen molar-refractivity contribution in [1.82, 2.24) is 10.3 Å². The average molecular weight is 444 g/mol. The van der Waals surface area contributed by atoms with Crippen LogP contribution in [0.25, 0.3) is 0 Å². The number of carbonyl (C=O) groups is 1. The highest BCUT2D eigenvalue weighted by Gasteiger charge is 2.14. The van der Waals surface area contributed by atoms with Crippen LogP contribution in [0.3, 0.4) is 0 Å². The van der Waals surface area contributed by atoms with Crippen LogP contribution in [0.2, 0.25) is 0 Å². The topological polar surface area (TPSA) is 63.2 Å². The first kappa shape index (κ1) is 22.8. The lowest BCUT2D eigenvalue weighted by Crippen LogP contribution is -2.26. The molecule has 1 aliphatic carbocycles. The maximum absolute atomic E-state index is 12.6. The third-order valence-electron chi connectivity index (χ3n) is 6.28. The highest BCUT2D eigenvalue weighted by molar-refractivity contribution is 5.95. The van der Waals surface area contributed by atoms with E-state index in [1.165, 1.54) is 32.1 Å². The van der Waals surface area contributed by atoms with Crippen molar-refractivity contribution in [2.45, 2.75) is 52.1 Å². The lowest BCUT2D eigenvalue weighted by atomic mass is 9.87. The van der Waals surface area contributed by atoms with E-state index in [2.05, 4.69) is 15.6 Å². The summed E-state index contributed by atoms with van der Waals surface area (Å²) < 4.78 is 5.87. The van der Waals surface area contributed by atoms with Gasteiger partial charge in [0.05, 0.1) is 5.69 Å². The Morgan fingerprint density at radius 2 is 1.91 bits per heavy atom. The Kier molecular flexibility index (Phi) is 7.96. The molecule has 5 nitrogen and oxygen atoms in total. The summed E-state index contributed by atoms with van der Waals surface area (Å²) in [5.41, 5.74) is 4.51. The van der Waals surface area contributed by atoms with Gasteiger partial charge in [0.15, 0.2) is 0 Å². The van der Waals surface area contributed by atoms with Crippen molar-refractivity contribution in [3.05, 3.63) is 83.7 Å². The fraction of sp³-hybridized carbons (Fsp3) is 0.357. The Hall–Kier alpha value is -3.34. The molecule has 3 aromatic rings. The van der Waals surface area contributed by atoms with Crippen molar-refractivity contribution in [2.24, 2.45) is 5.92 Å². The molecule has 1 amide bonds. The molecule has 2 aromatic carbocycles. The van der Waals surface area contributed by atoms with Crippen LogP contribution in [0.5, 0.6) is 5.75 Å². The van der Waals surface area contributed by atoms with Gasteiger partial charge in [-0.2, -0.15) is 0 Å². The van der Waals surface area contributed by atoms with Gasteiger partial charge in [-0.25, -0.2) is 0 Å². The third kappa shape index (κ3) is 6.82. The molecule has 0 unspecified atom stereocenters. The van der Waals surface area contributed by atoms with E-state index in [0.29, 0.717) is 12.2 Å². The minimum Gasteiger partial charge on any atom is -0.487 e. The zero-order chi connectivity index (χ0) is 22.9. The first-order chi connectivity index (χ1) is 16.2. The Morgan fingerprint density at radius 3 is 2.70 bits per heavy atom. The number of pyridine rings is 1. The van der Waals surface area contributed by atoms with Crippen molar-refractivity contribution in [1.29, 1.82) is 0 Å². The van der Waals surface area contributed by atoms with Gasteiger partial charge in [0, 0.05) is 29.7 Å². The smallest absolute Gasteiger partial charge is 0.251 e. The van der Waals surface area contributed by atoms with Gasteiger partial charge in [0.1, 0.15) is 12.4 Å². The molecular weight excluding hydrogens is 410 g/mol. The molecule has 1 aliphatic rings. The lowest BCUT2D eigenvalue weighted by molar-refractivity contribution is 0.0950. The molecule has 0 saturated heterocycles. The van der Waals surface area contributed by atoms with E-state index in [1.54, 1.807) is 6.20 Å². The minimum atomic E-state index is -0.00977. The van der Waals surface area contributed by atoms with Crippen LogP contribution in [-0.4, -0.2) is 17.4 Å². The second-order valence-corrected chi connectivity index (χ2v) is 8.84. The van der Waals surface area contributed by atoms with E-state index in [9.17, 15) is 4.79 Å². The van der Waals surface area contributed by atoms with E-state index >= 15 is 0 Å². The standard InChI is InChI=1S/C28H33N3O2/c1-21-18-26(33-20-25-11-5-6-16-29-25)13-14-27(21)31-24-12-7-10-23(19-24)28(32)30-17-15-22-8-3-2-4-9-22/h5-7,10-14,16,18-19,22,31H,2-4,8-9,15,17,20H2,1H3,(H,30,32). The summed E-state index contributed by atoms with van der Waals surface area (Å²) in [4.78, 5) is 16.9. The third-order valence-corrected chi connectivity index (χ3v) is 6.28. The number of nitrogens with zero attached hydrogens (tertiary/aromatic N) is 1. The van der Waals surface area contributed by atoms with E-state index in [0.717, 1.165) is 47.3 Å². The van der Waals surface area contributed by atoms with Gasteiger partial charge >= 0.3 is 0 Å². The van der Waals surface area contributed by atoms with Crippen molar-refractivity contribution in [3.8, 4) is 5.75 Å². The van der Waals surface area contributed by atoms with Crippen molar-refractivity contribution < 1.29 is 9.53 Å². The van der Waals surface area contributed by atoms with Gasteiger partial charge in [0.25, 0.3) is 5.91 Å². The van der Waals surface area contributed by atoms with Crippen molar-refractivity contribution >= 4 is 17.3 Å². The summed E-state index contributed by atoms with van der Waals surface area (Å²) in [7, 11) is 0. The molecule has 0 atom stereocenters. The molecule has 4 rings (SSSR count). The van der Waals surface area contributed by atoms with E-state index < -0.39 is 0 Å². The second-order valence-electron chi connectivity index (χ2n) is 8.84. The van der Waals surface area contributed by atoms with Crippen LogP contribution in [0.1, 0.15) is 60.1 Å². The molecule has 2 N–H and O–H groups in total. The van der Waals surface area contributed by atoms with Crippen LogP contribution in [0, 0.1) is 12.8 Å². The number of rotatable bonds is 9. The number of hydrogen-bond acceptors (Lipinski definition) is 4. The largest absolute Gasteiger partial charge is 0.487 e. The molecule has 0 spiro atoms. The summed E-state index contributed by atoms with van der Waals surface area (Å²) >= 11 is 0. The van der Waals surface area contributed by atoms with Crippen LogP contribution >= 0.6 is 0 Å². The summed E-state index contributed by atoms with van der Waals surface area (Å²) in [5, 5.41) is 6.52. The maximum Gasteiger partial charge on any atom is 0.251 e. The van der Waals surface area contributed by atoms with Crippen molar-refractivity contribution in [3.63, 3.8) is 0 Å². The number of hydrogen-bond donors (Lipinski definition) is 2. The number of benzene rings is 2. The second kappa shape index (κ2) is 11.5. The Balaban J connectivity index is 1.31. The van der Waals surface area contributed by atoms with Gasteiger partial charge in [-0.15, -0.1) is 0 Å². The predicted molar refractivity (Wildman–Crippen MR) is 133 cm³/mol. The summed E-state index contributed by atoms with van der Waals surface area (Å²) in [5.74, 6) is 1.56. The molecule has 1 saturated carbocycles. The van der Waals surface area contributed by atoms with Gasteiger partial charge < -0.3 is 15.4 Å². The van der Waals surface area contributed by atoms with Gasteiger partial charge in [-0.05, 0) is 73.4 Å². The lowest BCUT2D eigenvalue weighted by Gasteiger charge is -2.21. The summed E-state index contributed by atoms with van der Waals surface area (Å²) in [6, 6.07) is 19.4.